The maximum atomic E-state index is 12.0. The first-order valence-corrected chi connectivity index (χ1v) is 3.44. The summed E-state index contributed by atoms with van der Waals surface area (Å²) in [5.74, 6) is 0. The molecule has 74 valence electrons. The van der Waals surface area contributed by atoms with Crippen LogP contribution in [-0.4, -0.2) is 21.9 Å². The van der Waals surface area contributed by atoms with Gasteiger partial charge in [-0.05, 0) is 6.07 Å². The molecule has 1 atom stereocenters. The maximum absolute atomic E-state index is 12.0. The lowest BCUT2D eigenvalue weighted by atomic mass is 10.2. The Morgan fingerprint density at radius 2 is 2.23 bits per heavy atom. The molecule has 0 aromatic carbocycles. The molecule has 1 rings (SSSR count). The Morgan fingerprint density at radius 3 is 2.62 bits per heavy atom. The van der Waals surface area contributed by atoms with Crippen LogP contribution in [0.25, 0.3) is 0 Å². The predicted octanol–water partition coefficient (Wildman–Crippen LogP) is 0.421. The van der Waals surface area contributed by atoms with Gasteiger partial charge in [0.2, 0.25) is 0 Å². The molecule has 1 aromatic heterocycles. The van der Waals surface area contributed by atoms with Crippen LogP contribution in [0.5, 0.6) is 0 Å². The maximum Gasteiger partial charge on any atom is 0.435 e. The minimum atomic E-state index is -4.48. The second-order valence-electron chi connectivity index (χ2n) is 2.50. The first-order valence-electron chi connectivity index (χ1n) is 3.44. The lowest BCUT2D eigenvalue weighted by molar-refractivity contribution is -0.141. The van der Waals surface area contributed by atoms with E-state index in [2.05, 4.69) is 10.2 Å². The second-order valence-corrected chi connectivity index (χ2v) is 2.50. The van der Waals surface area contributed by atoms with Crippen LogP contribution in [0.2, 0.25) is 0 Å². The Hall–Kier alpha value is -1.08. The molecule has 4 N–H and O–H groups in total. The zero-order chi connectivity index (χ0) is 10.1. The van der Waals surface area contributed by atoms with Crippen molar-refractivity contribution in [1.29, 1.82) is 0 Å². The van der Waals surface area contributed by atoms with Gasteiger partial charge in [0.15, 0.2) is 5.69 Å². The molecular weight excluding hydrogens is 187 g/mol. The number of hydrogen-bond donors (Lipinski definition) is 3. The number of aliphatic hydroxyl groups is 1. The summed E-state index contributed by atoms with van der Waals surface area (Å²) < 4.78 is 35.9. The van der Waals surface area contributed by atoms with Crippen LogP contribution in [0.1, 0.15) is 17.4 Å². The monoisotopic (exact) mass is 195 g/mol. The standard InChI is InChI=1S/C6H8F3N3O/c7-6(8,9)5-1-4(11-12-5)3(10)2-13/h1,3,13H,2,10H2,(H,11,12)/t3-/m1/s1. The normalized spacial score (nSPS) is 14.5. The molecule has 0 saturated heterocycles. The Morgan fingerprint density at radius 1 is 1.62 bits per heavy atom. The van der Waals surface area contributed by atoms with Crippen molar-refractivity contribution in [3.63, 3.8) is 0 Å². The molecule has 0 aliphatic rings. The van der Waals surface area contributed by atoms with E-state index in [9.17, 15) is 13.2 Å². The van der Waals surface area contributed by atoms with Gasteiger partial charge in [-0.25, -0.2) is 0 Å². The van der Waals surface area contributed by atoms with Gasteiger partial charge in [0.1, 0.15) is 0 Å². The van der Waals surface area contributed by atoms with Gasteiger partial charge in [0.05, 0.1) is 18.3 Å². The number of aromatic nitrogens is 2. The molecule has 0 saturated carbocycles. The summed E-state index contributed by atoms with van der Waals surface area (Å²) in [5.41, 5.74) is 4.29. The number of aromatic amines is 1. The van der Waals surface area contributed by atoms with Crippen LogP contribution in [0.3, 0.4) is 0 Å². The van der Waals surface area contributed by atoms with Crippen molar-refractivity contribution in [2.24, 2.45) is 5.73 Å². The SMILES string of the molecule is N[C@H](CO)c1cc(C(F)(F)F)n[nH]1. The Labute approximate surface area is 71.6 Å². The molecule has 0 radical (unpaired) electrons. The lowest BCUT2D eigenvalue weighted by Gasteiger charge is -2.02. The highest BCUT2D eigenvalue weighted by atomic mass is 19.4. The zero-order valence-electron chi connectivity index (χ0n) is 6.47. The smallest absolute Gasteiger partial charge is 0.394 e. The first-order chi connectivity index (χ1) is 5.95. The number of rotatable bonds is 2. The van der Waals surface area contributed by atoms with Gasteiger partial charge in [-0.3, -0.25) is 5.10 Å². The van der Waals surface area contributed by atoms with Crippen molar-refractivity contribution in [1.82, 2.24) is 10.2 Å². The molecule has 13 heavy (non-hydrogen) atoms. The molecule has 0 fully saturated rings. The van der Waals surface area contributed by atoms with E-state index >= 15 is 0 Å². The predicted molar refractivity (Wildman–Crippen MR) is 37.6 cm³/mol. The van der Waals surface area contributed by atoms with Gasteiger partial charge in [0, 0.05) is 0 Å². The summed E-state index contributed by atoms with van der Waals surface area (Å²) in [6.07, 6.45) is -4.48. The van der Waals surface area contributed by atoms with E-state index in [4.69, 9.17) is 10.8 Å². The number of nitrogens with one attached hydrogen (secondary N) is 1. The van der Waals surface area contributed by atoms with Gasteiger partial charge in [-0.15, -0.1) is 0 Å². The quantitative estimate of drug-likeness (QED) is 0.640. The number of nitrogens with two attached hydrogens (primary N) is 1. The summed E-state index contributed by atoms with van der Waals surface area (Å²) in [4.78, 5) is 0. The summed E-state index contributed by atoms with van der Waals surface area (Å²) in [5, 5.41) is 13.7. The van der Waals surface area contributed by atoms with Crippen LogP contribution in [0.15, 0.2) is 6.07 Å². The van der Waals surface area contributed by atoms with Crippen LogP contribution < -0.4 is 5.73 Å². The van der Waals surface area contributed by atoms with Gasteiger partial charge in [0.25, 0.3) is 0 Å². The van der Waals surface area contributed by atoms with Crippen molar-refractivity contribution in [2.75, 3.05) is 6.61 Å². The summed E-state index contributed by atoms with van der Waals surface area (Å²) in [6, 6.07) is -0.0791. The average Bonchev–Trinajstić information content (AvgIpc) is 2.50. The van der Waals surface area contributed by atoms with Gasteiger partial charge in [-0.1, -0.05) is 0 Å². The molecule has 0 bridgehead atoms. The van der Waals surface area contributed by atoms with Crippen molar-refractivity contribution in [3.05, 3.63) is 17.5 Å². The second kappa shape index (κ2) is 3.35. The number of nitrogens with zero attached hydrogens (tertiary/aromatic N) is 1. The van der Waals surface area contributed by atoms with Crippen molar-refractivity contribution < 1.29 is 18.3 Å². The molecule has 7 heteroatoms. The number of aliphatic hydroxyl groups excluding tert-OH is 1. The molecule has 0 amide bonds. The summed E-state index contributed by atoms with van der Waals surface area (Å²) in [7, 11) is 0. The van der Waals surface area contributed by atoms with E-state index in [1.54, 1.807) is 0 Å². The molecule has 1 aromatic rings. The third kappa shape index (κ3) is 2.19. The Balaban J connectivity index is 2.87. The molecule has 0 aliphatic heterocycles. The number of H-pyrrole nitrogens is 1. The van der Waals surface area contributed by atoms with Crippen LogP contribution in [0, 0.1) is 0 Å². The highest BCUT2D eigenvalue weighted by Crippen LogP contribution is 2.28. The topological polar surface area (TPSA) is 74.9 Å². The zero-order valence-corrected chi connectivity index (χ0v) is 6.47. The van der Waals surface area contributed by atoms with E-state index in [-0.39, 0.29) is 5.69 Å². The van der Waals surface area contributed by atoms with E-state index in [1.807, 2.05) is 0 Å². The van der Waals surface area contributed by atoms with Crippen LogP contribution in [-0.2, 0) is 6.18 Å². The number of halogens is 3. The van der Waals surface area contributed by atoms with Crippen LogP contribution >= 0.6 is 0 Å². The Bertz CT molecular complexity index is 283. The number of alkyl halides is 3. The fourth-order valence-corrected chi connectivity index (χ4v) is 0.770. The molecule has 1 heterocycles. The fraction of sp³-hybridized carbons (Fsp3) is 0.500. The molecule has 0 aliphatic carbocycles. The van der Waals surface area contributed by atoms with Gasteiger partial charge >= 0.3 is 6.18 Å². The van der Waals surface area contributed by atoms with Gasteiger partial charge < -0.3 is 10.8 Å². The lowest BCUT2D eigenvalue weighted by Crippen LogP contribution is -2.14. The fourth-order valence-electron chi connectivity index (χ4n) is 0.770. The summed E-state index contributed by atoms with van der Waals surface area (Å²) in [6.45, 7) is -0.431. The van der Waals surface area contributed by atoms with Crippen molar-refractivity contribution in [3.8, 4) is 0 Å². The van der Waals surface area contributed by atoms with E-state index in [1.165, 1.54) is 0 Å². The van der Waals surface area contributed by atoms with E-state index in [0.717, 1.165) is 6.07 Å². The van der Waals surface area contributed by atoms with Crippen molar-refractivity contribution in [2.45, 2.75) is 12.2 Å². The van der Waals surface area contributed by atoms with E-state index < -0.39 is 24.5 Å². The van der Waals surface area contributed by atoms with Crippen molar-refractivity contribution >= 4 is 0 Å². The molecule has 4 nitrogen and oxygen atoms in total. The molecule has 0 unspecified atom stereocenters. The largest absolute Gasteiger partial charge is 0.435 e. The Kier molecular flexibility index (Phi) is 2.58. The average molecular weight is 195 g/mol. The molecule has 0 spiro atoms. The third-order valence-electron chi connectivity index (χ3n) is 1.48. The first kappa shape index (κ1) is 10.0. The third-order valence-corrected chi connectivity index (χ3v) is 1.48. The van der Waals surface area contributed by atoms with Crippen LogP contribution in [0.4, 0.5) is 13.2 Å². The highest BCUT2D eigenvalue weighted by molar-refractivity contribution is 5.14. The minimum absolute atomic E-state index is 0.0647. The minimum Gasteiger partial charge on any atom is -0.394 e. The van der Waals surface area contributed by atoms with Gasteiger partial charge in [-0.2, -0.15) is 18.3 Å². The highest BCUT2D eigenvalue weighted by Gasteiger charge is 2.34. The summed E-state index contributed by atoms with van der Waals surface area (Å²) >= 11 is 0. The molecular formula is C6H8F3N3O. The van der Waals surface area contributed by atoms with E-state index in [0.29, 0.717) is 0 Å². The number of hydrogen-bond acceptors (Lipinski definition) is 3.